The Morgan fingerprint density at radius 2 is 2.09 bits per heavy atom. The van der Waals surface area contributed by atoms with E-state index in [1.807, 2.05) is 17.8 Å². The van der Waals surface area contributed by atoms with Gasteiger partial charge in [-0.1, -0.05) is 19.3 Å². The molecule has 7 heteroatoms. The Balaban J connectivity index is 1.69. The van der Waals surface area contributed by atoms with Crippen molar-refractivity contribution in [3.05, 3.63) is 18.5 Å². The maximum Gasteiger partial charge on any atom is 0.228 e. The molecule has 0 aliphatic heterocycles. The van der Waals surface area contributed by atoms with Crippen LogP contribution in [0.4, 0.5) is 5.82 Å². The summed E-state index contributed by atoms with van der Waals surface area (Å²) in [5.41, 5.74) is -0.157. The number of aliphatic hydroxyl groups is 1. The van der Waals surface area contributed by atoms with Crippen LogP contribution in [-0.2, 0) is 18.9 Å². The summed E-state index contributed by atoms with van der Waals surface area (Å²) in [7, 11) is 3.67. The van der Waals surface area contributed by atoms with Crippen molar-refractivity contribution in [2.45, 2.75) is 44.1 Å². The average Bonchev–Trinajstić information content (AvgIpc) is 3.05. The van der Waals surface area contributed by atoms with Crippen molar-refractivity contribution in [1.82, 2.24) is 19.3 Å². The molecule has 3 rings (SSSR count). The van der Waals surface area contributed by atoms with E-state index in [4.69, 9.17) is 0 Å². The fourth-order valence-corrected chi connectivity index (χ4v) is 3.18. The van der Waals surface area contributed by atoms with Gasteiger partial charge in [0.25, 0.3) is 0 Å². The molecule has 0 atom stereocenters. The Labute approximate surface area is 135 Å². The molecule has 23 heavy (non-hydrogen) atoms. The number of amides is 1. The monoisotopic (exact) mass is 317 g/mol. The van der Waals surface area contributed by atoms with Crippen LogP contribution in [0.25, 0.3) is 11.5 Å². The molecular formula is C16H23N5O2. The summed E-state index contributed by atoms with van der Waals surface area (Å²) in [5, 5.41) is 17.7. The summed E-state index contributed by atoms with van der Waals surface area (Å²) in [6.07, 6.45) is 8.20. The number of nitrogens with zero attached hydrogens (tertiary/aromatic N) is 4. The lowest BCUT2D eigenvalue weighted by Crippen LogP contribution is -2.36. The van der Waals surface area contributed by atoms with Gasteiger partial charge in [-0.05, 0) is 12.8 Å². The zero-order valence-electron chi connectivity index (χ0n) is 13.6. The second-order valence-corrected chi connectivity index (χ2v) is 6.41. The van der Waals surface area contributed by atoms with Gasteiger partial charge in [0.2, 0.25) is 5.91 Å². The van der Waals surface area contributed by atoms with E-state index in [2.05, 4.69) is 15.4 Å². The maximum absolute atomic E-state index is 12.3. The molecule has 0 saturated heterocycles. The third-order valence-electron chi connectivity index (χ3n) is 4.47. The molecule has 2 N–H and O–H groups in total. The van der Waals surface area contributed by atoms with Gasteiger partial charge < -0.3 is 15.0 Å². The van der Waals surface area contributed by atoms with Crippen molar-refractivity contribution in [2.75, 3.05) is 5.32 Å². The molecule has 1 saturated carbocycles. The first kappa shape index (κ1) is 15.7. The molecule has 1 amide bonds. The minimum Gasteiger partial charge on any atom is -0.389 e. The van der Waals surface area contributed by atoms with Gasteiger partial charge in [-0.25, -0.2) is 4.98 Å². The number of anilines is 1. The first-order valence-electron chi connectivity index (χ1n) is 8.01. The normalized spacial score (nSPS) is 17.2. The smallest absolute Gasteiger partial charge is 0.228 e. The molecule has 0 radical (unpaired) electrons. The van der Waals surface area contributed by atoms with Gasteiger partial charge in [-0.2, -0.15) is 5.10 Å². The topological polar surface area (TPSA) is 85.0 Å². The molecule has 2 aromatic rings. The van der Waals surface area contributed by atoms with Crippen molar-refractivity contribution in [3.8, 4) is 11.5 Å². The second kappa shape index (κ2) is 6.16. The Kier molecular flexibility index (Phi) is 4.21. The highest BCUT2D eigenvalue weighted by molar-refractivity contribution is 5.91. The number of rotatable bonds is 4. The van der Waals surface area contributed by atoms with Crippen LogP contribution >= 0.6 is 0 Å². The van der Waals surface area contributed by atoms with Crippen LogP contribution in [-0.4, -0.2) is 35.9 Å². The number of carbonyl (C=O) groups excluding carboxylic acids is 1. The number of imidazole rings is 1. The molecule has 1 fully saturated rings. The van der Waals surface area contributed by atoms with Crippen LogP contribution in [0.3, 0.4) is 0 Å². The van der Waals surface area contributed by atoms with Crippen LogP contribution in [0.5, 0.6) is 0 Å². The molecule has 7 nitrogen and oxygen atoms in total. The second-order valence-electron chi connectivity index (χ2n) is 6.41. The van der Waals surface area contributed by atoms with Gasteiger partial charge in [0, 0.05) is 32.6 Å². The van der Waals surface area contributed by atoms with Gasteiger partial charge in [0.15, 0.2) is 5.82 Å². The lowest BCUT2D eigenvalue weighted by atomic mass is 9.82. The summed E-state index contributed by atoms with van der Waals surface area (Å²) < 4.78 is 3.49. The molecule has 1 aliphatic carbocycles. The van der Waals surface area contributed by atoms with Crippen LogP contribution in [0.1, 0.15) is 38.5 Å². The standard InChI is InChI=1S/C16H23N5O2/c1-20-9-8-17-15(20)12-10-13(21(2)19-12)18-14(22)11-16(23)6-4-3-5-7-16/h8-10,23H,3-7,11H2,1-2H3,(H,18,22). The lowest BCUT2D eigenvalue weighted by molar-refractivity contribution is -0.122. The average molecular weight is 317 g/mol. The van der Waals surface area contributed by atoms with E-state index in [9.17, 15) is 9.90 Å². The van der Waals surface area contributed by atoms with Crippen molar-refractivity contribution in [2.24, 2.45) is 14.1 Å². The van der Waals surface area contributed by atoms with Crippen LogP contribution in [0, 0.1) is 0 Å². The first-order valence-corrected chi connectivity index (χ1v) is 8.01. The number of carbonyl (C=O) groups is 1. The summed E-state index contributed by atoms with van der Waals surface area (Å²) in [6, 6.07) is 1.80. The number of aryl methyl sites for hydroxylation is 2. The predicted molar refractivity (Wildman–Crippen MR) is 86.7 cm³/mol. The van der Waals surface area contributed by atoms with Gasteiger partial charge in [-0.3, -0.25) is 9.48 Å². The third kappa shape index (κ3) is 3.44. The van der Waals surface area contributed by atoms with Gasteiger partial charge in [0.1, 0.15) is 11.5 Å². The van der Waals surface area contributed by atoms with Crippen molar-refractivity contribution in [1.29, 1.82) is 0 Å². The number of hydrogen-bond acceptors (Lipinski definition) is 4. The van der Waals surface area contributed by atoms with Gasteiger partial charge in [-0.15, -0.1) is 0 Å². The minimum absolute atomic E-state index is 0.135. The van der Waals surface area contributed by atoms with E-state index in [1.54, 1.807) is 24.0 Å². The van der Waals surface area contributed by atoms with Crippen molar-refractivity contribution >= 4 is 11.7 Å². The minimum atomic E-state index is -0.858. The van der Waals surface area contributed by atoms with Crippen molar-refractivity contribution in [3.63, 3.8) is 0 Å². The molecular weight excluding hydrogens is 294 g/mol. The summed E-state index contributed by atoms with van der Waals surface area (Å²) >= 11 is 0. The number of nitrogens with one attached hydrogen (secondary N) is 1. The number of aromatic nitrogens is 4. The van der Waals surface area contributed by atoms with Gasteiger partial charge >= 0.3 is 0 Å². The Morgan fingerprint density at radius 3 is 2.74 bits per heavy atom. The van der Waals surface area contributed by atoms with E-state index in [1.165, 1.54) is 0 Å². The summed E-state index contributed by atoms with van der Waals surface area (Å²) in [4.78, 5) is 16.5. The molecule has 2 heterocycles. The highest BCUT2D eigenvalue weighted by atomic mass is 16.3. The molecule has 1 aliphatic rings. The van der Waals surface area contributed by atoms with E-state index in [0.29, 0.717) is 24.4 Å². The summed E-state index contributed by atoms with van der Waals surface area (Å²) in [5.74, 6) is 1.17. The lowest BCUT2D eigenvalue weighted by Gasteiger charge is -2.31. The van der Waals surface area contributed by atoms with E-state index in [-0.39, 0.29) is 12.3 Å². The molecule has 0 unspecified atom stereocenters. The first-order chi connectivity index (χ1) is 11.0. The zero-order chi connectivity index (χ0) is 16.4. The van der Waals surface area contributed by atoms with E-state index in [0.717, 1.165) is 25.1 Å². The van der Waals surface area contributed by atoms with Crippen LogP contribution in [0.2, 0.25) is 0 Å². The zero-order valence-corrected chi connectivity index (χ0v) is 13.6. The predicted octanol–water partition coefficient (Wildman–Crippen LogP) is 1.84. The number of hydrogen-bond donors (Lipinski definition) is 2. The molecule has 124 valence electrons. The fourth-order valence-electron chi connectivity index (χ4n) is 3.18. The van der Waals surface area contributed by atoms with E-state index >= 15 is 0 Å². The Hall–Kier alpha value is -2.15. The Morgan fingerprint density at radius 1 is 1.35 bits per heavy atom. The SMILES string of the molecule is Cn1ccnc1-c1cc(NC(=O)CC2(O)CCCCC2)n(C)n1. The Bertz CT molecular complexity index is 697. The molecule has 0 spiro atoms. The fraction of sp³-hybridized carbons (Fsp3) is 0.562. The quantitative estimate of drug-likeness (QED) is 0.901. The van der Waals surface area contributed by atoms with Gasteiger partial charge in [0.05, 0.1) is 12.0 Å². The molecule has 0 bridgehead atoms. The maximum atomic E-state index is 12.3. The summed E-state index contributed by atoms with van der Waals surface area (Å²) in [6.45, 7) is 0. The van der Waals surface area contributed by atoms with Crippen molar-refractivity contribution < 1.29 is 9.90 Å². The molecule has 0 aromatic carbocycles. The van der Waals surface area contributed by atoms with Crippen LogP contribution < -0.4 is 5.32 Å². The largest absolute Gasteiger partial charge is 0.389 e. The highest BCUT2D eigenvalue weighted by Gasteiger charge is 2.32. The van der Waals surface area contributed by atoms with E-state index < -0.39 is 5.60 Å². The third-order valence-corrected chi connectivity index (χ3v) is 4.47. The van der Waals surface area contributed by atoms with Crippen LogP contribution in [0.15, 0.2) is 18.5 Å². The molecule has 2 aromatic heterocycles. The highest BCUT2D eigenvalue weighted by Crippen LogP contribution is 2.31.